The van der Waals surface area contributed by atoms with Crippen molar-refractivity contribution >= 4 is 11.9 Å². The zero-order valence-electron chi connectivity index (χ0n) is 6.84. The van der Waals surface area contributed by atoms with Gasteiger partial charge in [-0.3, -0.25) is 0 Å². The first-order valence-corrected chi connectivity index (χ1v) is 3.23. The van der Waals surface area contributed by atoms with Crippen molar-refractivity contribution < 1.29 is 13.2 Å². The fourth-order valence-electron chi connectivity index (χ4n) is 0.433. The third kappa shape index (κ3) is 4.88. The van der Waals surface area contributed by atoms with Crippen LogP contribution in [-0.2, 0) is 0 Å². The summed E-state index contributed by atoms with van der Waals surface area (Å²) in [6.45, 7) is 0.842. The Labute approximate surface area is 72.5 Å². The molecule has 0 aromatic heterocycles. The fraction of sp³-hybridized carbons (Fsp3) is 0.600. The highest BCUT2D eigenvalue weighted by Gasteiger charge is 2.36. The molecule has 5 nitrogen and oxygen atoms in total. The van der Waals surface area contributed by atoms with Crippen LogP contribution in [0.25, 0.3) is 0 Å². The van der Waals surface area contributed by atoms with Crippen molar-refractivity contribution in [3.05, 3.63) is 0 Å². The van der Waals surface area contributed by atoms with E-state index in [1.165, 1.54) is 0 Å². The number of hydrogen-bond donors (Lipinski definition) is 3. The maximum atomic E-state index is 11.9. The highest BCUT2D eigenvalue weighted by atomic mass is 19.4. The minimum absolute atomic E-state index is 0.435. The molecule has 76 valence electrons. The molecular formula is C5H10F3N5. The van der Waals surface area contributed by atoms with E-state index in [4.69, 9.17) is 17.2 Å². The van der Waals surface area contributed by atoms with E-state index in [-0.39, 0.29) is 0 Å². The largest absolute Gasteiger partial charge is 0.410 e. The molecule has 0 bridgehead atoms. The van der Waals surface area contributed by atoms with Crippen LogP contribution >= 0.6 is 0 Å². The van der Waals surface area contributed by atoms with E-state index in [0.717, 1.165) is 6.92 Å². The number of hydrogen-bond acceptors (Lipinski definition) is 1. The van der Waals surface area contributed by atoms with Gasteiger partial charge in [-0.2, -0.15) is 18.2 Å². The Balaban J connectivity index is 4.49. The van der Waals surface area contributed by atoms with Gasteiger partial charge in [-0.05, 0) is 6.92 Å². The minimum Gasteiger partial charge on any atom is -0.370 e. The van der Waals surface area contributed by atoms with Crippen molar-refractivity contribution in [3.8, 4) is 0 Å². The molecule has 6 N–H and O–H groups in total. The normalized spacial score (nSPS) is 15.2. The van der Waals surface area contributed by atoms with E-state index < -0.39 is 24.1 Å². The van der Waals surface area contributed by atoms with E-state index in [0.29, 0.717) is 0 Å². The SMILES string of the molecule is CC(N=C(N)N=C(N)N)C(F)(F)F. The number of guanidine groups is 2. The molecule has 13 heavy (non-hydrogen) atoms. The van der Waals surface area contributed by atoms with Crippen LogP contribution in [0.1, 0.15) is 6.92 Å². The van der Waals surface area contributed by atoms with Gasteiger partial charge in [0.25, 0.3) is 0 Å². The maximum Gasteiger partial charge on any atom is 0.410 e. The second-order valence-corrected chi connectivity index (χ2v) is 2.24. The molecule has 0 saturated carbocycles. The molecule has 0 rings (SSSR count). The predicted molar refractivity (Wildman–Crippen MR) is 42.9 cm³/mol. The average molecular weight is 197 g/mol. The lowest BCUT2D eigenvalue weighted by atomic mass is 10.3. The number of halogens is 3. The Kier molecular flexibility index (Phi) is 3.52. The van der Waals surface area contributed by atoms with Crippen molar-refractivity contribution in [2.45, 2.75) is 19.1 Å². The fourth-order valence-corrected chi connectivity index (χ4v) is 0.433. The Morgan fingerprint density at radius 2 is 1.69 bits per heavy atom. The highest BCUT2D eigenvalue weighted by Crippen LogP contribution is 2.22. The summed E-state index contributed by atoms with van der Waals surface area (Å²) in [5.41, 5.74) is 14.7. The van der Waals surface area contributed by atoms with Crippen LogP contribution in [-0.4, -0.2) is 24.1 Å². The first-order chi connectivity index (χ1) is 5.73. The smallest absolute Gasteiger partial charge is 0.370 e. The molecule has 1 unspecified atom stereocenters. The molecule has 0 saturated heterocycles. The third-order valence-corrected chi connectivity index (χ3v) is 1.04. The Bertz CT molecular complexity index is 227. The second-order valence-electron chi connectivity index (χ2n) is 2.24. The van der Waals surface area contributed by atoms with Crippen molar-refractivity contribution in [1.29, 1.82) is 0 Å². The Hall–Kier alpha value is -1.47. The van der Waals surface area contributed by atoms with Crippen LogP contribution in [0.4, 0.5) is 13.2 Å². The molecule has 0 spiro atoms. The summed E-state index contributed by atoms with van der Waals surface area (Å²) >= 11 is 0. The van der Waals surface area contributed by atoms with Gasteiger partial charge in [0.05, 0.1) is 0 Å². The van der Waals surface area contributed by atoms with Gasteiger partial charge in [0.2, 0.25) is 5.96 Å². The van der Waals surface area contributed by atoms with Crippen molar-refractivity contribution in [2.24, 2.45) is 27.2 Å². The zero-order valence-corrected chi connectivity index (χ0v) is 6.84. The van der Waals surface area contributed by atoms with Crippen molar-refractivity contribution in [1.82, 2.24) is 0 Å². The van der Waals surface area contributed by atoms with Gasteiger partial charge < -0.3 is 17.2 Å². The summed E-state index contributed by atoms with van der Waals surface area (Å²) < 4.78 is 35.6. The molecular weight excluding hydrogens is 187 g/mol. The zero-order chi connectivity index (χ0) is 10.6. The van der Waals surface area contributed by atoms with Crippen LogP contribution in [0, 0.1) is 0 Å². The number of nitrogens with two attached hydrogens (primary N) is 3. The molecule has 0 amide bonds. The lowest BCUT2D eigenvalue weighted by molar-refractivity contribution is -0.142. The predicted octanol–water partition coefficient (Wildman–Crippen LogP) is -0.475. The molecule has 0 heterocycles. The van der Waals surface area contributed by atoms with E-state index in [2.05, 4.69) is 9.98 Å². The third-order valence-electron chi connectivity index (χ3n) is 1.04. The Morgan fingerprint density at radius 1 is 1.23 bits per heavy atom. The van der Waals surface area contributed by atoms with Crippen LogP contribution in [0.5, 0.6) is 0 Å². The van der Waals surface area contributed by atoms with Gasteiger partial charge >= 0.3 is 6.18 Å². The molecule has 8 heteroatoms. The average Bonchev–Trinajstić information content (AvgIpc) is 1.82. The van der Waals surface area contributed by atoms with E-state index >= 15 is 0 Å². The van der Waals surface area contributed by atoms with Crippen LogP contribution in [0.2, 0.25) is 0 Å². The van der Waals surface area contributed by atoms with Gasteiger partial charge in [0.1, 0.15) is 6.04 Å². The van der Waals surface area contributed by atoms with E-state index in [9.17, 15) is 13.2 Å². The van der Waals surface area contributed by atoms with E-state index in [1.54, 1.807) is 0 Å². The minimum atomic E-state index is -4.44. The van der Waals surface area contributed by atoms with Crippen LogP contribution in [0.15, 0.2) is 9.98 Å². The number of alkyl halides is 3. The molecule has 0 fully saturated rings. The maximum absolute atomic E-state index is 11.9. The monoisotopic (exact) mass is 197 g/mol. The van der Waals surface area contributed by atoms with Gasteiger partial charge in [-0.1, -0.05) is 0 Å². The number of aliphatic imine (C=N–C) groups is 2. The van der Waals surface area contributed by atoms with Crippen molar-refractivity contribution in [3.63, 3.8) is 0 Å². The van der Waals surface area contributed by atoms with Gasteiger partial charge in [-0.25, -0.2) is 4.99 Å². The summed E-state index contributed by atoms with van der Waals surface area (Å²) in [4.78, 5) is 6.14. The van der Waals surface area contributed by atoms with Gasteiger partial charge in [0, 0.05) is 0 Å². The Morgan fingerprint density at radius 3 is 2.00 bits per heavy atom. The summed E-state index contributed by atoms with van der Waals surface area (Å²) in [6, 6.07) is -1.92. The summed E-state index contributed by atoms with van der Waals surface area (Å²) in [5, 5.41) is 0. The quantitative estimate of drug-likeness (QED) is 0.391. The van der Waals surface area contributed by atoms with Crippen molar-refractivity contribution in [2.75, 3.05) is 0 Å². The summed E-state index contributed by atoms with van der Waals surface area (Å²) in [6.07, 6.45) is -4.44. The van der Waals surface area contributed by atoms with Crippen LogP contribution < -0.4 is 17.2 Å². The second kappa shape index (κ2) is 3.97. The lowest BCUT2D eigenvalue weighted by Crippen LogP contribution is -2.30. The molecule has 0 aliphatic rings. The molecule has 0 aliphatic heterocycles. The molecule has 0 radical (unpaired) electrons. The summed E-state index contributed by atoms with van der Waals surface area (Å²) in [7, 11) is 0. The molecule has 0 aromatic rings. The summed E-state index contributed by atoms with van der Waals surface area (Å²) in [5.74, 6) is -1.03. The van der Waals surface area contributed by atoms with Gasteiger partial charge in [-0.15, -0.1) is 0 Å². The molecule has 0 aliphatic carbocycles. The first kappa shape index (κ1) is 11.5. The number of nitrogens with zero attached hydrogens (tertiary/aromatic N) is 2. The highest BCUT2D eigenvalue weighted by molar-refractivity contribution is 5.92. The van der Waals surface area contributed by atoms with Gasteiger partial charge in [0.15, 0.2) is 5.96 Å². The van der Waals surface area contributed by atoms with E-state index in [1.807, 2.05) is 0 Å². The topological polar surface area (TPSA) is 103 Å². The molecule has 1 atom stereocenters. The lowest BCUT2D eigenvalue weighted by Gasteiger charge is -2.10. The number of rotatable bonds is 1. The standard InChI is InChI=1S/C5H10F3N5/c1-2(5(6,7)8)12-4(11)13-3(9)10/h2H,1H3,(H6,9,10,11,12,13). The van der Waals surface area contributed by atoms with Crippen LogP contribution in [0.3, 0.4) is 0 Å². The molecule has 0 aromatic carbocycles. The first-order valence-electron chi connectivity index (χ1n) is 3.23.